The van der Waals surface area contributed by atoms with E-state index in [-0.39, 0.29) is 5.91 Å². The Labute approximate surface area is 133 Å². The van der Waals surface area contributed by atoms with Gasteiger partial charge in [0, 0.05) is 12.6 Å². The minimum atomic E-state index is -0.0243. The van der Waals surface area contributed by atoms with Crippen LogP contribution in [0, 0.1) is 5.92 Å². The van der Waals surface area contributed by atoms with Gasteiger partial charge in [-0.2, -0.15) is 0 Å². The van der Waals surface area contributed by atoms with Crippen molar-refractivity contribution in [3.8, 4) is 5.75 Å². The fraction of sp³-hybridized carbons (Fsp3) is 0.500. The molecule has 1 aliphatic rings. The molecule has 1 N–H and O–H groups in total. The van der Waals surface area contributed by atoms with E-state index in [9.17, 15) is 4.79 Å². The first-order chi connectivity index (χ1) is 10.7. The SMILES string of the molecule is COc1ccc(/C=C/C(=O)NCCC2CCN(C)CC2)cc1. The zero-order valence-corrected chi connectivity index (χ0v) is 13.5. The van der Waals surface area contributed by atoms with Crippen LogP contribution in [0.15, 0.2) is 30.3 Å². The highest BCUT2D eigenvalue weighted by molar-refractivity contribution is 5.91. The smallest absolute Gasteiger partial charge is 0.243 e. The monoisotopic (exact) mass is 302 g/mol. The molecular weight excluding hydrogens is 276 g/mol. The fourth-order valence-corrected chi connectivity index (χ4v) is 2.70. The van der Waals surface area contributed by atoms with Crippen molar-refractivity contribution in [2.75, 3.05) is 33.8 Å². The van der Waals surface area contributed by atoms with Crippen LogP contribution < -0.4 is 10.1 Å². The maximum Gasteiger partial charge on any atom is 0.243 e. The lowest BCUT2D eigenvalue weighted by Gasteiger charge is -2.28. The number of methoxy groups -OCH3 is 1. The molecular formula is C18H26N2O2. The van der Waals surface area contributed by atoms with Crippen molar-refractivity contribution in [1.29, 1.82) is 0 Å². The number of benzene rings is 1. The van der Waals surface area contributed by atoms with E-state index in [4.69, 9.17) is 4.74 Å². The summed E-state index contributed by atoms with van der Waals surface area (Å²) in [6, 6.07) is 7.64. The van der Waals surface area contributed by atoms with Crippen molar-refractivity contribution in [2.24, 2.45) is 5.92 Å². The third-order valence-corrected chi connectivity index (χ3v) is 4.23. The number of carbonyl (C=O) groups is 1. The van der Waals surface area contributed by atoms with Gasteiger partial charge in [0.2, 0.25) is 5.91 Å². The Kier molecular flexibility index (Phi) is 6.46. The first-order valence-electron chi connectivity index (χ1n) is 7.96. The molecule has 0 spiro atoms. The minimum absolute atomic E-state index is 0.0243. The molecule has 1 aromatic rings. The van der Waals surface area contributed by atoms with Gasteiger partial charge >= 0.3 is 0 Å². The van der Waals surface area contributed by atoms with Gasteiger partial charge in [-0.3, -0.25) is 4.79 Å². The summed E-state index contributed by atoms with van der Waals surface area (Å²) in [6.45, 7) is 3.12. The summed E-state index contributed by atoms with van der Waals surface area (Å²) in [5, 5.41) is 2.97. The number of hydrogen-bond acceptors (Lipinski definition) is 3. The summed E-state index contributed by atoms with van der Waals surface area (Å²) < 4.78 is 5.11. The van der Waals surface area contributed by atoms with Crippen LogP contribution in [0.2, 0.25) is 0 Å². The standard InChI is InChI=1S/C18H26N2O2/c1-20-13-10-16(11-14-20)9-12-19-18(21)8-5-15-3-6-17(22-2)7-4-15/h3-8,16H,9-14H2,1-2H3,(H,19,21)/b8-5+. The van der Waals surface area contributed by atoms with E-state index in [2.05, 4.69) is 17.3 Å². The normalized spacial score (nSPS) is 16.8. The highest BCUT2D eigenvalue weighted by Gasteiger charge is 2.15. The maximum absolute atomic E-state index is 11.8. The number of carbonyl (C=O) groups excluding carboxylic acids is 1. The van der Waals surface area contributed by atoms with Crippen molar-refractivity contribution >= 4 is 12.0 Å². The summed E-state index contributed by atoms with van der Waals surface area (Å²) in [4.78, 5) is 14.2. The fourth-order valence-electron chi connectivity index (χ4n) is 2.70. The third-order valence-electron chi connectivity index (χ3n) is 4.23. The van der Waals surface area contributed by atoms with Gasteiger partial charge in [0.05, 0.1) is 7.11 Å². The molecule has 4 nitrogen and oxygen atoms in total. The topological polar surface area (TPSA) is 41.6 Å². The van der Waals surface area contributed by atoms with E-state index in [0.717, 1.165) is 30.2 Å². The Hall–Kier alpha value is -1.81. The number of amides is 1. The number of ether oxygens (including phenoxy) is 1. The molecule has 1 aliphatic heterocycles. The quantitative estimate of drug-likeness (QED) is 0.821. The summed E-state index contributed by atoms with van der Waals surface area (Å²) in [5.74, 6) is 1.55. The molecule has 22 heavy (non-hydrogen) atoms. The third kappa shape index (κ3) is 5.53. The Morgan fingerprint density at radius 3 is 2.64 bits per heavy atom. The Morgan fingerprint density at radius 1 is 1.32 bits per heavy atom. The van der Waals surface area contributed by atoms with Crippen LogP contribution in [0.5, 0.6) is 5.75 Å². The van der Waals surface area contributed by atoms with Crippen LogP contribution in [0.25, 0.3) is 6.08 Å². The second kappa shape index (κ2) is 8.59. The lowest BCUT2D eigenvalue weighted by Crippen LogP contribution is -2.32. The zero-order valence-electron chi connectivity index (χ0n) is 13.5. The molecule has 0 saturated carbocycles. The summed E-state index contributed by atoms with van der Waals surface area (Å²) >= 11 is 0. The van der Waals surface area contributed by atoms with Crippen LogP contribution in [0.3, 0.4) is 0 Å². The minimum Gasteiger partial charge on any atom is -0.497 e. The van der Waals surface area contributed by atoms with E-state index in [0.29, 0.717) is 0 Å². The molecule has 4 heteroatoms. The summed E-state index contributed by atoms with van der Waals surface area (Å²) in [5.41, 5.74) is 0.992. The number of likely N-dealkylation sites (tertiary alicyclic amines) is 1. The lowest BCUT2D eigenvalue weighted by atomic mass is 9.94. The Morgan fingerprint density at radius 2 is 2.00 bits per heavy atom. The van der Waals surface area contributed by atoms with E-state index in [1.807, 2.05) is 30.3 Å². The van der Waals surface area contributed by atoms with Gasteiger partial charge in [-0.25, -0.2) is 0 Å². The lowest BCUT2D eigenvalue weighted by molar-refractivity contribution is -0.116. The van der Waals surface area contributed by atoms with Gasteiger partial charge in [-0.1, -0.05) is 12.1 Å². The van der Waals surface area contributed by atoms with Crippen LogP contribution in [0.1, 0.15) is 24.8 Å². The molecule has 1 heterocycles. The van der Waals surface area contributed by atoms with Gasteiger partial charge in [0.1, 0.15) is 5.75 Å². The molecule has 1 fully saturated rings. The average molecular weight is 302 g/mol. The van der Waals surface area contributed by atoms with Crippen molar-refractivity contribution < 1.29 is 9.53 Å². The number of nitrogens with one attached hydrogen (secondary N) is 1. The highest BCUT2D eigenvalue weighted by Crippen LogP contribution is 2.18. The molecule has 1 saturated heterocycles. The van der Waals surface area contributed by atoms with E-state index < -0.39 is 0 Å². The number of nitrogens with zero attached hydrogens (tertiary/aromatic N) is 1. The van der Waals surface area contributed by atoms with E-state index >= 15 is 0 Å². The average Bonchev–Trinajstić information content (AvgIpc) is 2.55. The van der Waals surface area contributed by atoms with Crippen LogP contribution in [-0.4, -0.2) is 44.6 Å². The van der Waals surface area contributed by atoms with Gasteiger partial charge in [0.15, 0.2) is 0 Å². The maximum atomic E-state index is 11.8. The number of hydrogen-bond donors (Lipinski definition) is 1. The molecule has 1 aromatic carbocycles. The molecule has 0 radical (unpaired) electrons. The van der Waals surface area contributed by atoms with Gasteiger partial charge in [0.25, 0.3) is 0 Å². The summed E-state index contributed by atoms with van der Waals surface area (Å²) in [7, 11) is 3.81. The first-order valence-corrected chi connectivity index (χ1v) is 7.96. The number of rotatable bonds is 6. The molecule has 0 aromatic heterocycles. The van der Waals surface area contributed by atoms with Crippen molar-refractivity contribution in [3.05, 3.63) is 35.9 Å². The second-order valence-electron chi connectivity index (χ2n) is 5.93. The Balaban J connectivity index is 1.67. The van der Waals surface area contributed by atoms with Crippen LogP contribution in [0.4, 0.5) is 0 Å². The number of piperidine rings is 1. The Bertz CT molecular complexity index is 488. The molecule has 0 bridgehead atoms. The van der Waals surface area contributed by atoms with E-state index in [1.54, 1.807) is 13.2 Å². The van der Waals surface area contributed by atoms with Gasteiger partial charge in [-0.05, 0) is 69.1 Å². The molecule has 0 unspecified atom stereocenters. The zero-order chi connectivity index (χ0) is 15.8. The predicted octanol–water partition coefficient (Wildman–Crippen LogP) is 2.56. The highest BCUT2D eigenvalue weighted by atomic mass is 16.5. The molecule has 1 amide bonds. The molecule has 2 rings (SSSR count). The van der Waals surface area contributed by atoms with Crippen LogP contribution in [-0.2, 0) is 4.79 Å². The van der Waals surface area contributed by atoms with E-state index in [1.165, 1.54) is 25.9 Å². The van der Waals surface area contributed by atoms with Gasteiger partial charge in [-0.15, -0.1) is 0 Å². The molecule has 120 valence electrons. The van der Waals surface area contributed by atoms with Crippen molar-refractivity contribution in [1.82, 2.24) is 10.2 Å². The van der Waals surface area contributed by atoms with Crippen LogP contribution >= 0.6 is 0 Å². The van der Waals surface area contributed by atoms with Crippen molar-refractivity contribution in [2.45, 2.75) is 19.3 Å². The van der Waals surface area contributed by atoms with Gasteiger partial charge < -0.3 is 15.0 Å². The largest absolute Gasteiger partial charge is 0.497 e. The summed E-state index contributed by atoms with van der Waals surface area (Å²) in [6.07, 6.45) is 6.98. The first kappa shape index (κ1) is 16.6. The second-order valence-corrected chi connectivity index (χ2v) is 5.93. The molecule has 0 atom stereocenters. The van der Waals surface area contributed by atoms with Crippen molar-refractivity contribution in [3.63, 3.8) is 0 Å². The molecule has 0 aliphatic carbocycles. The predicted molar refractivity (Wildman–Crippen MR) is 89.9 cm³/mol.